The molecule has 1 rings (SSSR count). The van der Waals surface area contributed by atoms with Crippen molar-refractivity contribution in [3.63, 3.8) is 0 Å². The van der Waals surface area contributed by atoms with Crippen LogP contribution in [0.3, 0.4) is 0 Å². The Morgan fingerprint density at radius 1 is 1.27 bits per heavy atom. The van der Waals surface area contributed by atoms with E-state index in [-0.39, 0.29) is 5.24 Å². The fourth-order valence-corrected chi connectivity index (χ4v) is 1.21. The van der Waals surface area contributed by atoms with E-state index in [0.29, 0.717) is 19.4 Å². The summed E-state index contributed by atoms with van der Waals surface area (Å²) in [5.74, 6) is 1.55. The Kier molecular flexibility index (Phi) is 4.98. The van der Waals surface area contributed by atoms with E-state index in [1.165, 1.54) is 0 Å². The van der Waals surface area contributed by atoms with E-state index in [2.05, 4.69) is 0 Å². The molecule has 1 aromatic rings. The maximum absolute atomic E-state index is 10.4. The molecule has 82 valence electrons. The highest BCUT2D eigenvalue weighted by atomic mass is 35.5. The van der Waals surface area contributed by atoms with Crippen LogP contribution in [0.1, 0.15) is 12.8 Å². The molecule has 0 N–H and O–H groups in total. The van der Waals surface area contributed by atoms with Crippen molar-refractivity contribution in [2.24, 2.45) is 0 Å². The first-order valence-corrected chi connectivity index (χ1v) is 5.05. The highest BCUT2D eigenvalue weighted by molar-refractivity contribution is 6.63. The lowest BCUT2D eigenvalue weighted by Crippen LogP contribution is -1.99. The largest absolute Gasteiger partial charge is 0.497 e. The molecule has 0 unspecified atom stereocenters. The summed E-state index contributed by atoms with van der Waals surface area (Å²) in [6.45, 7) is 0.491. The maximum Gasteiger partial charge on any atom is 0.221 e. The summed E-state index contributed by atoms with van der Waals surface area (Å²) in [5, 5.41) is -0.326. The zero-order chi connectivity index (χ0) is 11.1. The van der Waals surface area contributed by atoms with Crippen molar-refractivity contribution < 1.29 is 14.3 Å². The first-order chi connectivity index (χ1) is 7.22. The van der Waals surface area contributed by atoms with Gasteiger partial charge in [-0.1, -0.05) is 0 Å². The normalized spacial score (nSPS) is 9.73. The van der Waals surface area contributed by atoms with Gasteiger partial charge in [-0.05, 0) is 42.3 Å². The number of hydrogen-bond donors (Lipinski definition) is 0. The van der Waals surface area contributed by atoms with Crippen LogP contribution in [-0.2, 0) is 4.79 Å². The molecule has 0 heterocycles. The SMILES string of the molecule is COc1ccc(OCCCC(=O)Cl)cc1. The smallest absolute Gasteiger partial charge is 0.221 e. The number of hydrogen-bond acceptors (Lipinski definition) is 3. The number of methoxy groups -OCH3 is 1. The summed E-state index contributed by atoms with van der Waals surface area (Å²) in [7, 11) is 1.61. The molecule has 3 nitrogen and oxygen atoms in total. The van der Waals surface area contributed by atoms with Gasteiger partial charge in [0.25, 0.3) is 0 Å². The molecule has 0 saturated carbocycles. The zero-order valence-corrected chi connectivity index (χ0v) is 9.29. The third-order valence-electron chi connectivity index (χ3n) is 1.85. The monoisotopic (exact) mass is 228 g/mol. The molecule has 0 saturated heterocycles. The average molecular weight is 229 g/mol. The number of rotatable bonds is 6. The van der Waals surface area contributed by atoms with Gasteiger partial charge >= 0.3 is 0 Å². The van der Waals surface area contributed by atoms with Crippen LogP contribution in [-0.4, -0.2) is 19.0 Å². The van der Waals surface area contributed by atoms with Crippen LogP contribution in [0, 0.1) is 0 Å². The third-order valence-corrected chi connectivity index (χ3v) is 2.03. The van der Waals surface area contributed by atoms with E-state index in [0.717, 1.165) is 11.5 Å². The minimum Gasteiger partial charge on any atom is -0.497 e. The Bertz CT molecular complexity index is 308. The van der Waals surface area contributed by atoms with Gasteiger partial charge in [-0.25, -0.2) is 0 Å². The van der Waals surface area contributed by atoms with E-state index in [4.69, 9.17) is 21.1 Å². The van der Waals surface area contributed by atoms with Crippen LogP contribution < -0.4 is 9.47 Å². The molecule has 0 aliphatic heterocycles. The fraction of sp³-hybridized carbons (Fsp3) is 0.364. The summed E-state index contributed by atoms with van der Waals surface area (Å²) in [4.78, 5) is 10.4. The third kappa shape index (κ3) is 4.70. The lowest BCUT2D eigenvalue weighted by Gasteiger charge is -2.05. The first-order valence-electron chi connectivity index (χ1n) is 4.67. The topological polar surface area (TPSA) is 35.5 Å². The van der Waals surface area contributed by atoms with Gasteiger partial charge in [0.2, 0.25) is 5.24 Å². The van der Waals surface area contributed by atoms with Crippen molar-refractivity contribution in [1.82, 2.24) is 0 Å². The van der Waals surface area contributed by atoms with Crippen LogP contribution >= 0.6 is 11.6 Å². The second-order valence-electron chi connectivity index (χ2n) is 2.98. The summed E-state index contributed by atoms with van der Waals surface area (Å²) >= 11 is 5.19. The Balaban J connectivity index is 2.28. The van der Waals surface area contributed by atoms with Gasteiger partial charge in [0, 0.05) is 6.42 Å². The highest BCUT2D eigenvalue weighted by Crippen LogP contribution is 2.17. The number of ether oxygens (including phenoxy) is 2. The Morgan fingerprint density at radius 3 is 2.40 bits per heavy atom. The van der Waals surface area contributed by atoms with Crippen molar-refractivity contribution >= 4 is 16.8 Å². The van der Waals surface area contributed by atoms with Crippen molar-refractivity contribution in [1.29, 1.82) is 0 Å². The van der Waals surface area contributed by atoms with Crippen molar-refractivity contribution in [3.05, 3.63) is 24.3 Å². The summed E-state index contributed by atoms with van der Waals surface area (Å²) in [5.41, 5.74) is 0. The Morgan fingerprint density at radius 2 is 1.87 bits per heavy atom. The van der Waals surface area contributed by atoms with Crippen LogP contribution in [0.25, 0.3) is 0 Å². The molecule has 4 heteroatoms. The van der Waals surface area contributed by atoms with Crippen LogP contribution in [0.5, 0.6) is 11.5 Å². The molecule has 0 atom stereocenters. The number of carbonyl (C=O) groups excluding carboxylic acids is 1. The van der Waals surface area contributed by atoms with E-state index in [1.54, 1.807) is 7.11 Å². The zero-order valence-electron chi connectivity index (χ0n) is 8.53. The lowest BCUT2D eigenvalue weighted by molar-refractivity contribution is -0.111. The van der Waals surface area contributed by atoms with Gasteiger partial charge in [-0.2, -0.15) is 0 Å². The van der Waals surface area contributed by atoms with Gasteiger partial charge in [0.05, 0.1) is 13.7 Å². The van der Waals surface area contributed by atoms with Crippen LogP contribution in [0.4, 0.5) is 0 Å². The molecule has 1 aromatic carbocycles. The van der Waals surface area contributed by atoms with Crippen LogP contribution in [0.15, 0.2) is 24.3 Å². The Hall–Kier alpha value is -1.22. The maximum atomic E-state index is 10.4. The summed E-state index contributed by atoms with van der Waals surface area (Å²) in [6.07, 6.45) is 0.978. The van der Waals surface area contributed by atoms with E-state index < -0.39 is 0 Å². The fourth-order valence-electron chi connectivity index (χ4n) is 1.07. The standard InChI is InChI=1S/C11H13ClO3/c1-14-9-4-6-10(7-5-9)15-8-2-3-11(12)13/h4-7H,2-3,8H2,1H3. The molecule has 0 spiro atoms. The van der Waals surface area contributed by atoms with Gasteiger partial charge in [0.15, 0.2) is 0 Å². The summed E-state index contributed by atoms with van der Waals surface area (Å²) < 4.78 is 10.4. The van der Waals surface area contributed by atoms with Crippen LogP contribution in [0.2, 0.25) is 0 Å². The van der Waals surface area contributed by atoms with Gasteiger partial charge in [0.1, 0.15) is 11.5 Å². The van der Waals surface area contributed by atoms with Gasteiger partial charge in [-0.3, -0.25) is 4.79 Å². The van der Waals surface area contributed by atoms with E-state index in [1.807, 2.05) is 24.3 Å². The van der Waals surface area contributed by atoms with Gasteiger partial charge in [-0.15, -0.1) is 0 Å². The van der Waals surface area contributed by atoms with E-state index >= 15 is 0 Å². The molecular formula is C11H13ClO3. The lowest BCUT2D eigenvalue weighted by atomic mass is 10.3. The molecule has 0 fully saturated rings. The predicted octanol–water partition coefficient (Wildman–Crippen LogP) is 2.62. The molecule has 0 aliphatic rings. The van der Waals surface area contributed by atoms with Crippen molar-refractivity contribution in [3.8, 4) is 11.5 Å². The summed E-state index contributed by atoms with van der Waals surface area (Å²) in [6, 6.07) is 7.28. The molecule has 0 aromatic heterocycles. The average Bonchev–Trinajstić information content (AvgIpc) is 2.25. The predicted molar refractivity (Wildman–Crippen MR) is 58.6 cm³/mol. The number of halogens is 1. The molecule has 0 bridgehead atoms. The first kappa shape index (κ1) is 11.9. The highest BCUT2D eigenvalue weighted by Gasteiger charge is 1.97. The quantitative estimate of drug-likeness (QED) is 0.555. The minimum absolute atomic E-state index is 0.326. The van der Waals surface area contributed by atoms with Gasteiger partial charge < -0.3 is 9.47 Å². The molecule has 15 heavy (non-hydrogen) atoms. The molecule has 0 amide bonds. The van der Waals surface area contributed by atoms with Crippen molar-refractivity contribution in [2.75, 3.05) is 13.7 Å². The number of carbonyl (C=O) groups is 1. The molecule has 0 aliphatic carbocycles. The second kappa shape index (κ2) is 6.30. The number of benzene rings is 1. The second-order valence-corrected chi connectivity index (χ2v) is 3.40. The molecule has 0 radical (unpaired) electrons. The minimum atomic E-state index is -0.326. The Labute approximate surface area is 93.9 Å². The molecular weight excluding hydrogens is 216 g/mol. The van der Waals surface area contributed by atoms with E-state index in [9.17, 15) is 4.79 Å². The van der Waals surface area contributed by atoms with Crippen molar-refractivity contribution in [2.45, 2.75) is 12.8 Å².